The summed E-state index contributed by atoms with van der Waals surface area (Å²) in [6.45, 7) is 1.49. The normalized spacial score (nSPS) is 19.4. The van der Waals surface area contributed by atoms with Crippen LogP contribution in [-0.2, 0) is 4.79 Å². The van der Waals surface area contributed by atoms with E-state index < -0.39 is 0 Å². The molecule has 5 heteroatoms. The first-order valence-electron chi connectivity index (χ1n) is 7.08. The Morgan fingerprint density at radius 3 is 2.75 bits per heavy atom. The van der Waals surface area contributed by atoms with Crippen LogP contribution < -0.4 is 4.74 Å². The zero-order chi connectivity index (χ0) is 13.9. The van der Waals surface area contributed by atoms with Gasteiger partial charge in [0.15, 0.2) is 0 Å². The number of rotatable bonds is 3. The molecular weight excluding hydrogens is 254 g/mol. The van der Waals surface area contributed by atoms with E-state index in [2.05, 4.69) is 11.1 Å². The van der Waals surface area contributed by atoms with Crippen molar-refractivity contribution >= 4 is 5.91 Å². The van der Waals surface area contributed by atoms with Gasteiger partial charge in [0.1, 0.15) is 17.7 Å². The standard InChI is InChI=1S/C15H17N3O2/c16-10-12-2-1-7-17-14(12)20-13-5-8-18(9-6-13)15(19)11-3-4-11/h1-2,7,11,13H,3-6,8-9H2. The molecule has 1 amide bonds. The van der Waals surface area contributed by atoms with Gasteiger partial charge in [0, 0.05) is 38.0 Å². The van der Waals surface area contributed by atoms with Gasteiger partial charge in [0.25, 0.3) is 0 Å². The fraction of sp³-hybridized carbons (Fsp3) is 0.533. The van der Waals surface area contributed by atoms with Crippen LogP contribution in [0.2, 0.25) is 0 Å². The zero-order valence-electron chi connectivity index (χ0n) is 11.3. The number of hydrogen-bond donors (Lipinski definition) is 0. The van der Waals surface area contributed by atoms with Crippen LogP contribution in [0.5, 0.6) is 5.88 Å². The topological polar surface area (TPSA) is 66.2 Å². The van der Waals surface area contributed by atoms with E-state index in [1.807, 2.05) is 4.90 Å². The molecule has 0 spiro atoms. The Kier molecular flexibility index (Phi) is 3.55. The lowest BCUT2D eigenvalue weighted by Gasteiger charge is -2.32. The van der Waals surface area contributed by atoms with Crippen molar-refractivity contribution in [2.75, 3.05) is 13.1 Å². The second-order valence-electron chi connectivity index (χ2n) is 5.38. The third kappa shape index (κ3) is 2.74. The van der Waals surface area contributed by atoms with E-state index in [9.17, 15) is 4.79 Å². The molecule has 2 fully saturated rings. The Bertz CT molecular complexity index is 540. The molecule has 20 heavy (non-hydrogen) atoms. The molecule has 1 saturated heterocycles. The minimum Gasteiger partial charge on any atom is -0.473 e. The van der Waals surface area contributed by atoms with E-state index in [4.69, 9.17) is 10.00 Å². The molecule has 0 bridgehead atoms. The molecule has 0 unspecified atom stereocenters. The van der Waals surface area contributed by atoms with Crippen molar-refractivity contribution in [3.05, 3.63) is 23.9 Å². The number of likely N-dealkylation sites (tertiary alicyclic amines) is 1. The average molecular weight is 271 g/mol. The number of nitrogens with zero attached hydrogens (tertiary/aromatic N) is 3. The minimum absolute atomic E-state index is 0.0419. The highest BCUT2D eigenvalue weighted by atomic mass is 16.5. The third-order valence-electron chi connectivity index (χ3n) is 3.85. The first-order valence-corrected chi connectivity index (χ1v) is 7.08. The molecule has 104 valence electrons. The molecule has 1 aromatic heterocycles. The highest BCUT2D eigenvalue weighted by Crippen LogP contribution is 2.32. The summed E-state index contributed by atoms with van der Waals surface area (Å²) in [4.78, 5) is 18.0. The molecule has 1 saturated carbocycles. The predicted octanol–water partition coefficient (Wildman–Crippen LogP) is 1.73. The van der Waals surface area contributed by atoms with Crippen LogP contribution >= 0.6 is 0 Å². The van der Waals surface area contributed by atoms with E-state index in [-0.39, 0.29) is 12.0 Å². The predicted molar refractivity (Wildman–Crippen MR) is 71.9 cm³/mol. The number of pyridine rings is 1. The SMILES string of the molecule is N#Cc1cccnc1OC1CCN(C(=O)C2CC2)CC1. The Hall–Kier alpha value is -2.09. The second-order valence-corrected chi connectivity index (χ2v) is 5.38. The van der Waals surface area contributed by atoms with E-state index in [0.29, 0.717) is 17.4 Å². The van der Waals surface area contributed by atoms with Crippen molar-refractivity contribution in [1.29, 1.82) is 5.26 Å². The maximum absolute atomic E-state index is 12.0. The van der Waals surface area contributed by atoms with Gasteiger partial charge < -0.3 is 9.64 Å². The number of ether oxygens (including phenoxy) is 1. The van der Waals surface area contributed by atoms with Crippen molar-refractivity contribution in [2.45, 2.75) is 31.8 Å². The summed E-state index contributed by atoms with van der Waals surface area (Å²) >= 11 is 0. The van der Waals surface area contributed by atoms with E-state index >= 15 is 0 Å². The van der Waals surface area contributed by atoms with Gasteiger partial charge in [-0.1, -0.05) is 0 Å². The number of aromatic nitrogens is 1. The van der Waals surface area contributed by atoms with Gasteiger partial charge in [0.2, 0.25) is 11.8 Å². The quantitative estimate of drug-likeness (QED) is 0.839. The third-order valence-corrected chi connectivity index (χ3v) is 3.85. The lowest BCUT2D eigenvalue weighted by molar-refractivity contribution is -0.134. The molecular formula is C15H17N3O2. The fourth-order valence-electron chi connectivity index (χ4n) is 2.51. The maximum Gasteiger partial charge on any atom is 0.231 e. The summed E-state index contributed by atoms with van der Waals surface area (Å²) in [6.07, 6.45) is 5.38. The summed E-state index contributed by atoms with van der Waals surface area (Å²) < 4.78 is 5.81. The summed E-state index contributed by atoms with van der Waals surface area (Å²) in [7, 11) is 0. The van der Waals surface area contributed by atoms with Gasteiger partial charge in [-0.05, 0) is 25.0 Å². The van der Waals surface area contributed by atoms with Crippen LogP contribution in [-0.4, -0.2) is 35.0 Å². The van der Waals surface area contributed by atoms with Crippen LogP contribution in [0.4, 0.5) is 0 Å². The summed E-state index contributed by atoms with van der Waals surface area (Å²) in [5.74, 6) is 0.995. The number of piperidine rings is 1. The molecule has 0 N–H and O–H groups in total. The molecule has 5 nitrogen and oxygen atoms in total. The molecule has 3 rings (SSSR count). The molecule has 2 aliphatic rings. The largest absolute Gasteiger partial charge is 0.473 e. The maximum atomic E-state index is 12.0. The van der Waals surface area contributed by atoms with E-state index in [0.717, 1.165) is 38.8 Å². The Morgan fingerprint density at radius 2 is 2.10 bits per heavy atom. The van der Waals surface area contributed by atoms with Crippen LogP contribution in [0.1, 0.15) is 31.2 Å². The van der Waals surface area contributed by atoms with Crippen molar-refractivity contribution in [3.63, 3.8) is 0 Å². The molecule has 1 aliphatic heterocycles. The van der Waals surface area contributed by atoms with Crippen LogP contribution in [0.15, 0.2) is 18.3 Å². The molecule has 1 aromatic rings. The summed E-state index contributed by atoms with van der Waals surface area (Å²) in [6, 6.07) is 5.51. The molecule has 1 aliphatic carbocycles. The van der Waals surface area contributed by atoms with Gasteiger partial charge >= 0.3 is 0 Å². The zero-order valence-corrected chi connectivity index (χ0v) is 11.3. The number of nitriles is 1. The highest BCUT2D eigenvalue weighted by Gasteiger charge is 2.35. The fourth-order valence-corrected chi connectivity index (χ4v) is 2.51. The van der Waals surface area contributed by atoms with Crippen molar-refractivity contribution in [3.8, 4) is 11.9 Å². The highest BCUT2D eigenvalue weighted by molar-refractivity contribution is 5.81. The van der Waals surface area contributed by atoms with Crippen LogP contribution in [0.3, 0.4) is 0 Å². The number of hydrogen-bond acceptors (Lipinski definition) is 4. The first-order chi connectivity index (χ1) is 9.78. The van der Waals surface area contributed by atoms with Crippen LogP contribution in [0.25, 0.3) is 0 Å². The average Bonchev–Trinajstić information content (AvgIpc) is 3.32. The van der Waals surface area contributed by atoms with Gasteiger partial charge in [-0.25, -0.2) is 4.98 Å². The first kappa shape index (κ1) is 12.9. The monoisotopic (exact) mass is 271 g/mol. The van der Waals surface area contributed by atoms with Gasteiger partial charge in [-0.3, -0.25) is 4.79 Å². The van der Waals surface area contributed by atoms with E-state index in [1.54, 1.807) is 18.3 Å². The van der Waals surface area contributed by atoms with Gasteiger partial charge in [-0.2, -0.15) is 5.26 Å². The molecule has 2 heterocycles. The lowest BCUT2D eigenvalue weighted by Crippen LogP contribution is -2.42. The summed E-state index contributed by atoms with van der Waals surface area (Å²) in [5.41, 5.74) is 0.462. The molecule has 0 aromatic carbocycles. The van der Waals surface area contributed by atoms with Crippen molar-refractivity contribution in [1.82, 2.24) is 9.88 Å². The molecule has 0 atom stereocenters. The Balaban J connectivity index is 1.56. The number of amides is 1. The van der Waals surface area contributed by atoms with Crippen molar-refractivity contribution in [2.24, 2.45) is 5.92 Å². The lowest BCUT2D eigenvalue weighted by atomic mass is 10.1. The molecule has 0 radical (unpaired) electrons. The van der Waals surface area contributed by atoms with Crippen LogP contribution in [0, 0.1) is 17.2 Å². The smallest absolute Gasteiger partial charge is 0.231 e. The minimum atomic E-state index is 0.0419. The van der Waals surface area contributed by atoms with Gasteiger partial charge in [0.05, 0.1) is 0 Å². The second kappa shape index (κ2) is 5.49. The Labute approximate surface area is 118 Å². The van der Waals surface area contributed by atoms with Crippen molar-refractivity contribution < 1.29 is 9.53 Å². The summed E-state index contributed by atoms with van der Waals surface area (Å²) in [5, 5.41) is 9.01. The number of carbonyl (C=O) groups is 1. The number of carbonyl (C=O) groups excluding carboxylic acids is 1. The van der Waals surface area contributed by atoms with Gasteiger partial charge in [-0.15, -0.1) is 0 Å². The van der Waals surface area contributed by atoms with E-state index in [1.165, 1.54) is 0 Å². The Morgan fingerprint density at radius 1 is 1.35 bits per heavy atom.